The Balaban J connectivity index is 2.94. The number of benzene rings is 2. The van der Waals surface area contributed by atoms with E-state index in [0.717, 1.165) is 0 Å². The predicted octanol–water partition coefficient (Wildman–Crippen LogP) is 6.07. The maximum atomic E-state index is 14.9. The molecular formula is C18H14F8O. The van der Waals surface area contributed by atoms with Crippen LogP contribution in [0, 0.1) is 11.6 Å². The number of aliphatic hydroxyl groups is 1. The molecule has 0 aliphatic heterocycles. The Morgan fingerprint density at radius 2 is 1.33 bits per heavy atom. The number of hydrogen-bond donors (Lipinski definition) is 1. The molecule has 0 radical (unpaired) electrons. The van der Waals surface area contributed by atoms with Crippen LogP contribution in [0.2, 0.25) is 0 Å². The first-order valence-corrected chi connectivity index (χ1v) is 7.67. The lowest BCUT2D eigenvalue weighted by Gasteiger charge is -2.34. The molecule has 0 aromatic heterocycles. The van der Waals surface area contributed by atoms with Crippen molar-refractivity contribution < 1.29 is 40.2 Å². The molecule has 0 atom stereocenters. The molecule has 0 aliphatic carbocycles. The van der Waals surface area contributed by atoms with Crippen LogP contribution in [-0.2, 0) is 5.60 Å². The van der Waals surface area contributed by atoms with E-state index in [9.17, 15) is 40.2 Å². The molecule has 2 aromatic carbocycles. The van der Waals surface area contributed by atoms with Crippen molar-refractivity contribution in [3.05, 3.63) is 59.2 Å². The first kappa shape index (κ1) is 21.1. The van der Waals surface area contributed by atoms with Crippen LogP contribution in [-0.4, -0.2) is 17.5 Å². The van der Waals surface area contributed by atoms with Crippen LogP contribution in [0.1, 0.15) is 30.9 Å². The summed E-state index contributed by atoms with van der Waals surface area (Å²) in [5, 5.41) is 9.47. The topological polar surface area (TPSA) is 20.2 Å². The number of halogens is 8. The highest BCUT2D eigenvalue weighted by Gasteiger charge is 2.72. The minimum atomic E-state index is -6.32. The minimum Gasteiger partial charge on any atom is -0.369 e. The van der Waals surface area contributed by atoms with Crippen molar-refractivity contribution >= 4 is 0 Å². The van der Waals surface area contributed by atoms with Crippen LogP contribution in [0.15, 0.2) is 36.4 Å². The molecule has 0 fully saturated rings. The van der Waals surface area contributed by atoms with Gasteiger partial charge in [0.2, 0.25) is 0 Å². The Bertz CT molecular complexity index is 808. The van der Waals surface area contributed by atoms with Crippen LogP contribution in [0.5, 0.6) is 0 Å². The normalized spacial score (nSPS) is 13.3. The molecule has 2 aromatic rings. The highest BCUT2D eigenvalue weighted by Crippen LogP contribution is 2.52. The first-order chi connectivity index (χ1) is 12.2. The summed E-state index contributed by atoms with van der Waals surface area (Å²) in [6.07, 6.45) is -12.6. The van der Waals surface area contributed by atoms with Crippen LogP contribution < -0.4 is 0 Å². The zero-order chi connectivity index (χ0) is 20.8. The van der Waals surface area contributed by atoms with E-state index in [0.29, 0.717) is 0 Å². The van der Waals surface area contributed by atoms with Gasteiger partial charge >= 0.3 is 12.4 Å². The van der Waals surface area contributed by atoms with Gasteiger partial charge in [-0.15, -0.1) is 0 Å². The molecule has 0 spiro atoms. The summed E-state index contributed by atoms with van der Waals surface area (Å²) in [6, 6.07) is 6.88. The van der Waals surface area contributed by atoms with Gasteiger partial charge in [-0.25, -0.2) is 8.78 Å². The lowest BCUT2D eigenvalue weighted by Crippen LogP contribution is -2.54. The van der Waals surface area contributed by atoms with E-state index in [-0.39, 0.29) is 11.6 Å². The molecule has 2 rings (SSSR count). The summed E-state index contributed by atoms with van der Waals surface area (Å²) in [5.41, 5.74) is -8.85. The van der Waals surface area contributed by atoms with Crippen molar-refractivity contribution in [3.63, 3.8) is 0 Å². The van der Waals surface area contributed by atoms with Crippen molar-refractivity contribution in [2.75, 3.05) is 0 Å². The summed E-state index contributed by atoms with van der Waals surface area (Å²) < 4.78 is 108. The maximum absolute atomic E-state index is 14.9. The second-order valence-corrected chi connectivity index (χ2v) is 6.24. The van der Waals surface area contributed by atoms with Crippen molar-refractivity contribution in [3.8, 4) is 11.1 Å². The lowest BCUT2D eigenvalue weighted by atomic mass is 9.84. The van der Waals surface area contributed by atoms with Crippen molar-refractivity contribution in [2.45, 2.75) is 37.7 Å². The molecule has 0 amide bonds. The fourth-order valence-corrected chi connectivity index (χ4v) is 2.82. The van der Waals surface area contributed by atoms with E-state index in [1.807, 2.05) is 0 Å². The average Bonchev–Trinajstić information content (AvgIpc) is 2.53. The fourth-order valence-electron chi connectivity index (χ4n) is 2.82. The van der Waals surface area contributed by atoms with Gasteiger partial charge in [-0.05, 0) is 17.5 Å². The first-order valence-electron chi connectivity index (χ1n) is 7.67. The average molecular weight is 398 g/mol. The quantitative estimate of drug-likeness (QED) is 0.623. The van der Waals surface area contributed by atoms with E-state index in [2.05, 4.69) is 0 Å². The van der Waals surface area contributed by atoms with Gasteiger partial charge in [-0.3, -0.25) is 0 Å². The zero-order valence-electron chi connectivity index (χ0n) is 14.0. The molecule has 9 heteroatoms. The largest absolute Gasteiger partial charge is 0.430 e. The fraction of sp³-hybridized carbons (Fsp3) is 0.333. The Morgan fingerprint density at radius 3 is 1.74 bits per heavy atom. The van der Waals surface area contributed by atoms with Crippen LogP contribution in [0.25, 0.3) is 11.1 Å². The van der Waals surface area contributed by atoms with Crippen LogP contribution in [0.4, 0.5) is 35.1 Å². The third kappa shape index (κ3) is 3.40. The van der Waals surface area contributed by atoms with E-state index >= 15 is 0 Å². The molecule has 1 nitrogen and oxygen atoms in total. The smallest absolute Gasteiger partial charge is 0.369 e. The molecule has 27 heavy (non-hydrogen) atoms. The van der Waals surface area contributed by atoms with Gasteiger partial charge in [-0.2, -0.15) is 26.3 Å². The second kappa shape index (κ2) is 6.78. The van der Waals surface area contributed by atoms with Crippen molar-refractivity contribution in [1.82, 2.24) is 0 Å². The van der Waals surface area contributed by atoms with E-state index in [4.69, 9.17) is 0 Å². The molecule has 0 bridgehead atoms. The summed E-state index contributed by atoms with van der Waals surface area (Å²) in [6.45, 7) is 2.57. The van der Waals surface area contributed by atoms with E-state index < -0.39 is 52.2 Å². The van der Waals surface area contributed by atoms with Crippen LogP contribution >= 0.6 is 0 Å². The summed E-state index contributed by atoms with van der Waals surface area (Å²) in [7, 11) is 0. The Labute approximate surface area is 149 Å². The Morgan fingerprint density at radius 1 is 0.852 bits per heavy atom. The van der Waals surface area contributed by atoms with Gasteiger partial charge in [0.25, 0.3) is 5.60 Å². The highest BCUT2D eigenvalue weighted by atomic mass is 19.4. The predicted molar refractivity (Wildman–Crippen MR) is 81.9 cm³/mol. The molecule has 148 valence electrons. The number of rotatable bonds is 3. The minimum absolute atomic E-state index is 0.0757. The molecule has 0 unspecified atom stereocenters. The van der Waals surface area contributed by atoms with E-state index in [1.54, 1.807) is 6.07 Å². The molecule has 0 saturated heterocycles. The third-order valence-corrected chi connectivity index (χ3v) is 4.10. The van der Waals surface area contributed by atoms with Crippen molar-refractivity contribution in [2.24, 2.45) is 0 Å². The maximum Gasteiger partial charge on any atom is 0.430 e. The second-order valence-electron chi connectivity index (χ2n) is 6.24. The Hall–Kier alpha value is -2.16. The van der Waals surface area contributed by atoms with E-state index in [1.165, 1.54) is 38.1 Å². The van der Waals surface area contributed by atoms with Gasteiger partial charge in [-0.1, -0.05) is 44.2 Å². The van der Waals surface area contributed by atoms with Gasteiger partial charge in [0.1, 0.15) is 11.6 Å². The molecular weight excluding hydrogens is 384 g/mol. The summed E-state index contributed by atoms with van der Waals surface area (Å²) >= 11 is 0. The number of hydrogen-bond acceptors (Lipinski definition) is 1. The highest BCUT2D eigenvalue weighted by molar-refractivity contribution is 5.70. The summed E-state index contributed by atoms with van der Waals surface area (Å²) in [5.74, 6) is -4.43. The van der Waals surface area contributed by atoms with Gasteiger partial charge in [0.15, 0.2) is 0 Å². The monoisotopic (exact) mass is 398 g/mol. The zero-order valence-corrected chi connectivity index (χ0v) is 14.0. The van der Waals surface area contributed by atoms with Gasteiger partial charge < -0.3 is 5.11 Å². The summed E-state index contributed by atoms with van der Waals surface area (Å²) in [4.78, 5) is 0. The molecule has 0 heterocycles. The van der Waals surface area contributed by atoms with Crippen LogP contribution in [0.3, 0.4) is 0 Å². The lowest BCUT2D eigenvalue weighted by molar-refractivity contribution is -0.377. The number of alkyl halides is 6. The molecule has 0 aliphatic rings. The standard InChI is InChI=1S/C18H14F8O/c1-9(2)13-14(10-6-4-3-5-7-10)12(19)8-11(15(13)20)16(27,17(21,22)23)18(24,25)26/h3-9,27H,1-2H3. The third-order valence-electron chi connectivity index (χ3n) is 4.10. The molecule has 1 N–H and O–H groups in total. The Kier molecular flexibility index (Phi) is 5.31. The molecule has 0 saturated carbocycles. The van der Waals surface area contributed by atoms with Gasteiger partial charge in [0.05, 0.1) is 0 Å². The SMILES string of the molecule is CC(C)c1c(F)c(C(O)(C(F)(F)F)C(F)(F)F)cc(F)c1-c1ccccc1. The van der Waals surface area contributed by atoms with Gasteiger partial charge in [0, 0.05) is 16.7 Å². The van der Waals surface area contributed by atoms with Crippen molar-refractivity contribution in [1.29, 1.82) is 0 Å².